The lowest BCUT2D eigenvalue weighted by atomic mass is 10.2. The van der Waals surface area contributed by atoms with E-state index in [1.165, 1.54) is 0 Å². The monoisotopic (exact) mass is 142 g/mol. The molecule has 1 nitrogen and oxygen atoms in total. The smallest absolute Gasteiger partial charge is 0.0477 e. The van der Waals surface area contributed by atoms with E-state index in [0.717, 1.165) is 5.56 Å². The highest BCUT2D eigenvalue weighted by Gasteiger charge is 1.86. The van der Waals surface area contributed by atoms with Crippen LogP contribution in [0.15, 0.2) is 24.3 Å². The van der Waals surface area contributed by atoms with Gasteiger partial charge in [0.15, 0.2) is 0 Å². The van der Waals surface area contributed by atoms with Crippen molar-refractivity contribution < 1.29 is 1.37 Å². The molecule has 0 aliphatic carbocycles. The van der Waals surface area contributed by atoms with Gasteiger partial charge in [-0.1, -0.05) is 23.7 Å². The van der Waals surface area contributed by atoms with E-state index in [-0.39, 0.29) is 0 Å². The van der Waals surface area contributed by atoms with Gasteiger partial charge in [0, 0.05) is 12.9 Å². The number of rotatable bonds is 1. The average Bonchev–Trinajstić information content (AvgIpc) is 1.88. The molecule has 0 aromatic heterocycles. The fraction of sp³-hybridized carbons (Fsp3) is 0.143. The molecule has 1 aromatic carbocycles. The van der Waals surface area contributed by atoms with Gasteiger partial charge in [-0.2, -0.15) is 0 Å². The third-order valence-electron chi connectivity index (χ3n) is 1.06. The molecule has 0 fully saturated rings. The minimum absolute atomic E-state index is 0.655. The van der Waals surface area contributed by atoms with Crippen molar-refractivity contribution in [3.63, 3.8) is 0 Å². The summed E-state index contributed by atoms with van der Waals surface area (Å²) in [4.78, 5) is 0. The Labute approximate surface area is 60.8 Å². The Balaban J connectivity index is 2.89. The molecule has 0 radical (unpaired) electrons. The molecule has 0 unspecified atom stereocenters. The van der Waals surface area contributed by atoms with Crippen molar-refractivity contribution >= 4 is 11.6 Å². The van der Waals surface area contributed by atoms with Gasteiger partial charge < -0.3 is 5.73 Å². The average molecular weight is 143 g/mol. The lowest BCUT2D eigenvalue weighted by Crippen LogP contribution is -1.94. The standard InChI is InChI=1S/C7H8ClN/c8-7-3-1-6(5-9)2-4-7/h1-4H,5,9H2/i5D/t5-/m0/s1. The Hall–Kier alpha value is -0.530. The van der Waals surface area contributed by atoms with Gasteiger partial charge in [0.2, 0.25) is 0 Å². The van der Waals surface area contributed by atoms with Gasteiger partial charge in [-0.25, -0.2) is 0 Å². The largest absolute Gasteiger partial charge is 0.326 e. The number of hydrogen-bond donors (Lipinski definition) is 1. The molecule has 1 atom stereocenters. The first-order valence-corrected chi connectivity index (χ1v) is 3.01. The predicted octanol–water partition coefficient (Wildman–Crippen LogP) is 1.80. The lowest BCUT2D eigenvalue weighted by Gasteiger charge is -1.93. The molecule has 2 heteroatoms. The second-order valence-electron chi connectivity index (χ2n) is 1.72. The number of halogens is 1. The van der Waals surface area contributed by atoms with Crippen LogP contribution in [0.4, 0.5) is 0 Å². The molecule has 1 aromatic rings. The van der Waals surface area contributed by atoms with Crippen LogP contribution in [0.25, 0.3) is 0 Å². The molecule has 2 N–H and O–H groups in total. The van der Waals surface area contributed by atoms with E-state index in [1.54, 1.807) is 24.3 Å². The van der Waals surface area contributed by atoms with Crippen molar-refractivity contribution in [1.29, 1.82) is 0 Å². The van der Waals surface area contributed by atoms with E-state index in [4.69, 9.17) is 18.7 Å². The first-order chi connectivity index (χ1) is 4.70. The predicted molar refractivity (Wildman–Crippen MR) is 39.3 cm³/mol. The van der Waals surface area contributed by atoms with Crippen LogP contribution in [0, 0.1) is 0 Å². The van der Waals surface area contributed by atoms with E-state index in [1.807, 2.05) is 0 Å². The summed E-state index contributed by atoms with van der Waals surface area (Å²) in [6, 6.07) is 6.95. The summed E-state index contributed by atoms with van der Waals surface area (Å²) in [6.07, 6.45) is 0. The molecule has 0 spiro atoms. The van der Waals surface area contributed by atoms with Crippen molar-refractivity contribution in [2.75, 3.05) is 0 Å². The third-order valence-corrected chi connectivity index (χ3v) is 1.31. The number of hydrogen-bond acceptors (Lipinski definition) is 1. The van der Waals surface area contributed by atoms with E-state index in [2.05, 4.69) is 0 Å². The van der Waals surface area contributed by atoms with Gasteiger partial charge >= 0.3 is 0 Å². The van der Waals surface area contributed by atoms with Gasteiger partial charge in [-0.15, -0.1) is 0 Å². The van der Waals surface area contributed by atoms with Gasteiger partial charge in [0.05, 0.1) is 0 Å². The first kappa shape index (κ1) is 5.27. The van der Waals surface area contributed by atoms with E-state index in [0.29, 0.717) is 5.02 Å². The molecular formula is C7H8ClN. The minimum Gasteiger partial charge on any atom is -0.326 e. The number of benzene rings is 1. The molecule has 0 saturated heterocycles. The topological polar surface area (TPSA) is 26.0 Å². The molecule has 0 bridgehead atoms. The second kappa shape index (κ2) is 2.85. The highest BCUT2D eigenvalue weighted by atomic mass is 35.5. The molecule has 48 valence electrons. The van der Waals surface area contributed by atoms with Crippen molar-refractivity contribution in [2.45, 2.75) is 6.52 Å². The molecule has 0 aliphatic rings. The molecule has 0 heterocycles. The fourth-order valence-corrected chi connectivity index (χ4v) is 0.700. The second-order valence-corrected chi connectivity index (χ2v) is 2.15. The van der Waals surface area contributed by atoms with Crippen LogP contribution in [-0.4, -0.2) is 0 Å². The maximum Gasteiger partial charge on any atom is 0.0477 e. The first-order valence-electron chi connectivity index (χ1n) is 3.21. The summed E-state index contributed by atoms with van der Waals surface area (Å²) in [6.45, 7) is -0.655. The van der Waals surface area contributed by atoms with Gasteiger partial charge in [-0.3, -0.25) is 0 Å². The Morgan fingerprint density at radius 2 is 2.00 bits per heavy atom. The Bertz CT molecular complexity index is 207. The van der Waals surface area contributed by atoms with Gasteiger partial charge in [0.25, 0.3) is 0 Å². The molecule has 0 saturated carbocycles. The van der Waals surface area contributed by atoms with E-state index < -0.39 is 6.52 Å². The molecular weight excluding hydrogens is 134 g/mol. The van der Waals surface area contributed by atoms with E-state index >= 15 is 0 Å². The Kier molecular flexibility index (Phi) is 1.67. The van der Waals surface area contributed by atoms with Crippen LogP contribution in [0.3, 0.4) is 0 Å². The van der Waals surface area contributed by atoms with Crippen LogP contribution >= 0.6 is 11.6 Å². The molecule has 1 rings (SSSR count). The highest BCUT2D eigenvalue weighted by molar-refractivity contribution is 6.30. The SMILES string of the molecule is [2H][C@H](N)c1ccc(Cl)cc1. The van der Waals surface area contributed by atoms with Crippen LogP contribution in [0.2, 0.25) is 5.02 Å². The zero-order chi connectivity index (χ0) is 7.56. The molecule has 0 amide bonds. The molecule has 9 heavy (non-hydrogen) atoms. The summed E-state index contributed by atoms with van der Waals surface area (Å²) in [5, 5.41) is 0.671. The summed E-state index contributed by atoms with van der Waals surface area (Å²) in [5.74, 6) is 0. The van der Waals surface area contributed by atoms with Crippen LogP contribution < -0.4 is 5.73 Å². The van der Waals surface area contributed by atoms with Crippen molar-refractivity contribution in [3.8, 4) is 0 Å². The van der Waals surface area contributed by atoms with Crippen molar-refractivity contribution in [2.24, 2.45) is 5.73 Å². The maximum atomic E-state index is 7.12. The number of nitrogens with two attached hydrogens (primary N) is 1. The Morgan fingerprint density at radius 1 is 1.44 bits per heavy atom. The fourth-order valence-electron chi connectivity index (χ4n) is 0.574. The van der Waals surface area contributed by atoms with E-state index in [9.17, 15) is 0 Å². The van der Waals surface area contributed by atoms with Crippen LogP contribution in [0.1, 0.15) is 6.93 Å². The summed E-state index contributed by atoms with van der Waals surface area (Å²) >= 11 is 5.61. The summed E-state index contributed by atoms with van der Waals surface area (Å²) in [7, 11) is 0. The quantitative estimate of drug-likeness (QED) is 0.636. The lowest BCUT2D eigenvalue weighted by molar-refractivity contribution is 1.07. The van der Waals surface area contributed by atoms with Crippen LogP contribution in [0.5, 0.6) is 0 Å². The zero-order valence-electron chi connectivity index (χ0n) is 5.84. The van der Waals surface area contributed by atoms with Crippen molar-refractivity contribution in [1.82, 2.24) is 0 Å². The Morgan fingerprint density at radius 3 is 2.44 bits per heavy atom. The van der Waals surface area contributed by atoms with Gasteiger partial charge in [-0.05, 0) is 17.7 Å². The maximum absolute atomic E-state index is 7.12. The minimum atomic E-state index is -0.655. The third kappa shape index (κ3) is 1.70. The molecule has 0 aliphatic heterocycles. The zero-order valence-corrected chi connectivity index (χ0v) is 5.60. The highest BCUT2D eigenvalue weighted by Crippen LogP contribution is 2.08. The summed E-state index contributed by atoms with van der Waals surface area (Å²) < 4.78 is 7.12. The van der Waals surface area contributed by atoms with Crippen LogP contribution in [-0.2, 0) is 6.52 Å². The summed E-state index contributed by atoms with van der Waals surface area (Å²) in [5.41, 5.74) is 6.07. The normalized spacial score (nSPS) is 14.7. The van der Waals surface area contributed by atoms with Crippen molar-refractivity contribution in [3.05, 3.63) is 34.9 Å². The van der Waals surface area contributed by atoms with Gasteiger partial charge in [0.1, 0.15) is 0 Å².